The smallest absolute Gasteiger partial charge is 0.256 e. The second kappa shape index (κ2) is 10.2. The van der Waals surface area contributed by atoms with Gasteiger partial charge in [-0.1, -0.05) is 48.2 Å². The summed E-state index contributed by atoms with van der Waals surface area (Å²) in [6.07, 6.45) is 3.87. The lowest BCUT2D eigenvalue weighted by Gasteiger charge is -2.12. The Morgan fingerprint density at radius 1 is 0.971 bits per heavy atom. The molecule has 0 saturated carbocycles. The minimum Gasteiger partial charge on any atom is -0.487 e. The highest BCUT2D eigenvalue weighted by atomic mass is 32.2. The van der Waals surface area contributed by atoms with Gasteiger partial charge in [0.25, 0.3) is 5.91 Å². The van der Waals surface area contributed by atoms with Crippen molar-refractivity contribution in [3.63, 3.8) is 0 Å². The van der Waals surface area contributed by atoms with E-state index in [9.17, 15) is 10.1 Å². The summed E-state index contributed by atoms with van der Waals surface area (Å²) in [5, 5.41) is 12.3. The van der Waals surface area contributed by atoms with E-state index in [-0.39, 0.29) is 5.91 Å². The van der Waals surface area contributed by atoms with E-state index in [2.05, 4.69) is 16.4 Å². The molecule has 7 heteroatoms. The van der Waals surface area contributed by atoms with Gasteiger partial charge in [0, 0.05) is 33.9 Å². The molecule has 1 amide bonds. The number of carbonyl (C=O) groups is 1. The maximum absolute atomic E-state index is 13.1. The van der Waals surface area contributed by atoms with Gasteiger partial charge < -0.3 is 14.5 Å². The first-order chi connectivity index (χ1) is 17.2. The molecule has 0 saturated heterocycles. The number of anilines is 1. The van der Waals surface area contributed by atoms with Crippen LogP contribution in [0.1, 0.15) is 21.6 Å². The number of amides is 1. The number of pyridine rings is 1. The van der Waals surface area contributed by atoms with Gasteiger partial charge in [-0.25, -0.2) is 4.98 Å². The molecule has 3 aromatic carbocycles. The Hall–Kier alpha value is -4.54. The topological polar surface area (TPSA) is 79.4 Å². The summed E-state index contributed by atoms with van der Waals surface area (Å²) in [5.41, 5.74) is 3.40. The van der Waals surface area contributed by atoms with Crippen LogP contribution in [0.5, 0.6) is 5.75 Å². The van der Waals surface area contributed by atoms with Crippen molar-refractivity contribution < 1.29 is 9.53 Å². The summed E-state index contributed by atoms with van der Waals surface area (Å²) in [5.74, 6) is 0.394. The normalized spacial score (nSPS) is 10.6. The van der Waals surface area contributed by atoms with E-state index in [1.807, 2.05) is 89.6 Å². The highest BCUT2D eigenvalue weighted by Gasteiger charge is 2.14. The molecule has 2 heterocycles. The van der Waals surface area contributed by atoms with E-state index < -0.39 is 0 Å². The number of nitrogens with zero attached hydrogens (tertiary/aromatic N) is 3. The van der Waals surface area contributed by atoms with E-state index in [1.54, 1.807) is 18.2 Å². The van der Waals surface area contributed by atoms with Crippen molar-refractivity contribution in [1.29, 1.82) is 5.26 Å². The van der Waals surface area contributed by atoms with Crippen molar-refractivity contribution in [2.45, 2.75) is 16.4 Å². The fraction of sp³-hybridized carbons (Fsp3) is 0.0357. The number of rotatable bonds is 7. The highest BCUT2D eigenvalue weighted by Crippen LogP contribution is 2.33. The van der Waals surface area contributed by atoms with Gasteiger partial charge >= 0.3 is 0 Å². The summed E-state index contributed by atoms with van der Waals surface area (Å²) < 4.78 is 7.86. The van der Waals surface area contributed by atoms with Crippen LogP contribution in [0.15, 0.2) is 113 Å². The molecule has 0 fully saturated rings. The molecular formula is C28H20N4O2S. The van der Waals surface area contributed by atoms with Crippen LogP contribution >= 0.6 is 11.8 Å². The lowest BCUT2D eigenvalue weighted by molar-refractivity contribution is 0.102. The molecule has 0 aliphatic carbocycles. The Kier molecular flexibility index (Phi) is 6.46. The van der Waals surface area contributed by atoms with Crippen LogP contribution in [0.25, 0.3) is 5.65 Å². The maximum Gasteiger partial charge on any atom is 0.256 e. The van der Waals surface area contributed by atoms with E-state index in [0.29, 0.717) is 29.2 Å². The van der Waals surface area contributed by atoms with Gasteiger partial charge in [-0.05, 0) is 48.5 Å². The van der Waals surface area contributed by atoms with Crippen LogP contribution < -0.4 is 10.1 Å². The first-order valence-corrected chi connectivity index (χ1v) is 11.7. The van der Waals surface area contributed by atoms with E-state index >= 15 is 0 Å². The van der Waals surface area contributed by atoms with Crippen molar-refractivity contribution in [3.8, 4) is 11.8 Å². The minimum atomic E-state index is -0.236. The zero-order valence-corrected chi connectivity index (χ0v) is 19.4. The summed E-state index contributed by atoms with van der Waals surface area (Å²) in [6.45, 7) is 0.316. The lowest BCUT2D eigenvalue weighted by Crippen LogP contribution is -2.13. The Morgan fingerprint density at radius 3 is 2.63 bits per heavy atom. The number of nitriles is 1. The quantitative estimate of drug-likeness (QED) is 0.303. The van der Waals surface area contributed by atoms with Crippen LogP contribution in [-0.4, -0.2) is 15.3 Å². The summed E-state index contributed by atoms with van der Waals surface area (Å²) in [6, 6.07) is 30.0. The van der Waals surface area contributed by atoms with Gasteiger partial charge in [-0.2, -0.15) is 5.26 Å². The number of benzene rings is 3. The van der Waals surface area contributed by atoms with Crippen LogP contribution in [0.4, 0.5) is 5.69 Å². The predicted octanol–water partition coefficient (Wildman–Crippen LogP) is 6.19. The number of ether oxygens (including phenoxy) is 1. The Balaban J connectivity index is 1.29. The van der Waals surface area contributed by atoms with E-state index in [4.69, 9.17) is 4.74 Å². The minimum absolute atomic E-state index is 0.236. The largest absolute Gasteiger partial charge is 0.487 e. The Bertz CT molecular complexity index is 1520. The first-order valence-electron chi connectivity index (χ1n) is 10.9. The standard InChI is InChI=1S/C28H20N4O2S/c29-17-20-8-1-3-12-25(20)35-26-13-4-2-11-24(26)28(33)31-21-9-7-10-23(16-21)34-19-22-18-32-15-6-5-14-27(32)30-22/h1-16,18H,19H2,(H,31,33). The third-order valence-corrected chi connectivity index (χ3v) is 6.40. The number of carbonyl (C=O) groups excluding carboxylic acids is 1. The molecule has 0 aliphatic rings. The first kappa shape index (κ1) is 22.3. The molecule has 1 N–H and O–H groups in total. The maximum atomic E-state index is 13.1. The second-order valence-electron chi connectivity index (χ2n) is 7.68. The van der Waals surface area contributed by atoms with Crippen molar-refractivity contribution in [3.05, 3.63) is 120 Å². The molecule has 35 heavy (non-hydrogen) atoms. The predicted molar refractivity (Wildman–Crippen MR) is 136 cm³/mol. The molecule has 5 rings (SSSR count). The summed E-state index contributed by atoms with van der Waals surface area (Å²) in [4.78, 5) is 19.2. The van der Waals surface area contributed by atoms with Gasteiger partial charge in [0.15, 0.2) is 0 Å². The molecule has 0 spiro atoms. The van der Waals surface area contributed by atoms with E-state index in [1.165, 1.54) is 11.8 Å². The number of hydrogen-bond acceptors (Lipinski definition) is 5. The molecule has 5 aromatic rings. The molecule has 0 unspecified atom stereocenters. The molecule has 0 radical (unpaired) electrons. The SMILES string of the molecule is N#Cc1ccccc1Sc1ccccc1C(=O)Nc1cccc(OCc2cn3ccccc3n2)c1. The molecule has 6 nitrogen and oxygen atoms in total. The third kappa shape index (κ3) is 5.18. The van der Waals surface area contributed by atoms with E-state index in [0.717, 1.165) is 21.1 Å². The van der Waals surface area contributed by atoms with Gasteiger partial charge in [0.2, 0.25) is 0 Å². The number of imidazole rings is 1. The average molecular weight is 477 g/mol. The van der Waals surface area contributed by atoms with Crippen molar-refractivity contribution in [1.82, 2.24) is 9.38 Å². The van der Waals surface area contributed by atoms with Crippen molar-refractivity contribution in [2.75, 3.05) is 5.32 Å². The van der Waals surface area contributed by atoms with Gasteiger partial charge in [-0.15, -0.1) is 0 Å². The third-order valence-electron chi connectivity index (χ3n) is 5.25. The van der Waals surface area contributed by atoms with Crippen LogP contribution in [-0.2, 0) is 6.61 Å². The fourth-order valence-corrected chi connectivity index (χ4v) is 4.61. The summed E-state index contributed by atoms with van der Waals surface area (Å²) in [7, 11) is 0. The summed E-state index contributed by atoms with van der Waals surface area (Å²) >= 11 is 1.40. The molecule has 2 aromatic heterocycles. The zero-order valence-electron chi connectivity index (χ0n) is 18.6. The van der Waals surface area contributed by atoms with Crippen molar-refractivity contribution >= 4 is 29.0 Å². The molecule has 0 bridgehead atoms. The van der Waals surface area contributed by atoms with Crippen molar-refractivity contribution in [2.24, 2.45) is 0 Å². The number of aromatic nitrogens is 2. The van der Waals surface area contributed by atoms with Gasteiger partial charge in [-0.3, -0.25) is 4.79 Å². The van der Waals surface area contributed by atoms with Crippen LogP contribution in [0.2, 0.25) is 0 Å². The number of fused-ring (bicyclic) bond motifs is 1. The molecule has 170 valence electrons. The number of hydrogen-bond donors (Lipinski definition) is 1. The van der Waals surface area contributed by atoms with Crippen LogP contribution in [0.3, 0.4) is 0 Å². The number of nitrogens with one attached hydrogen (secondary N) is 1. The van der Waals surface area contributed by atoms with Gasteiger partial charge in [0.05, 0.1) is 16.8 Å². The average Bonchev–Trinajstić information content (AvgIpc) is 3.31. The highest BCUT2D eigenvalue weighted by molar-refractivity contribution is 7.99. The Labute approximate surface area is 206 Å². The van der Waals surface area contributed by atoms with Gasteiger partial charge in [0.1, 0.15) is 24.1 Å². The monoisotopic (exact) mass is 476 g/mol. The lowest BCUT2D eigenvalue weighted by atomic mass is 10.2. The molecular weight excluding hydrogens is 456 g/mol. The molecule has 0 atom stereocenters. The molecule has 0 aliphatic heterocycles. The second-order valence-corrected chi connectivity index (χ2v) is 8.76. The zero-order chi connectivity index (χ0) is 24.0. The van der Waals surface area contributed by atoms with Crippen LogP contribution in [0, 0.1) is 11.3 Å². The Morgan fingerprint density at radius 2 is 1.77 bits per heavy atom. The fourth-order valence-electron chi connectivity index (χ4n) is 3.59.